The molecule has 1 amide bonds. The largest absolute Gasteiger partial charge is 0.497 e. The number of halogens is 1. The first-order chi connectivity index (χ1) is 11.6. The summed E-state index contributed by atoms with van der Waals surface area (Å²) >= 11 is 3.36. The van der Waals surface area contributed by atoms with Crippen molar-refractivity contribution in [1.82, 2.24) is 5.43 Å². The van der Waals surface area contributed by atoms with Crippen LogP contribution in [0.3, 0.4) is 0 Å². The maximum absolute atomic E-state index is 12.3. The lowest BCUT2D eigenvalue weighted by Gasteiger charge is -2.12. The fraction of sp³-hybridized carbons (Fsp3) is 0.222. The van der Waals surface area contributed by atoms with E-state index in [2.05, 4.69) is 26.5 Å². The molecule has 126 valence electrons. The molecule has 0 spiro atoms. The molecular formula is C18H19BrN2O3. The fourth-order valence-electron chi connectivity index (χ4n) is 2.19. The Kier molecular flexibility index (Phi) is 6.37. The van der Waals surface area contributed by atoms with Gasteiger partial charge in [-0.1, -0.05) is 19.1 Å². The second kappa shape index (κ2) is 8.49. The van der Waals surface area contributed by atoms with Crippen molar-refractivity contribution in [2.24, 2.45) is 5.10 Å². The van der Waals surface area contributed by atoms with Crippen LogP contribution in [0, 0.1) is 0 Å². The molecule has 0 aliphatic rings. The van der Waals surface area contributed by atoms with Crippen LogP contribution in [0.2, 0.25) is 0 Å². The van der Waals surface area contributed by atoms with Crippen LogP contribution in [-0.2, 0) is 0 Å². The summed E-state index contributed by atoms with van der Waals surface area (Å²) in [5.74, 6) is 1.06. The van der Waals surface area contributed by atoms with Crippen LogP contribution >= 0.6 is 15.9 Å². The molecule has 5 nitrogen and oxygen atoms in total. The smallest absolute Gasteiger partial charge is 0.272 e. The van der Waals surface area contributed by atoms with Gasteiger partial charge in [0.1, 0.15) is 11.5 Å². The molecule has 2 rings (SSSR count). The van der Waals surface area contributed by atoms with Gasteiger partial charge in [0.25, 0.3) is 5.91 Å². The highest BCUT2D eigenvalue weighted by atomic mass is 79.9. The van der Waals surface area contributed by atoms with Gasteiger partial charge in [-0.3, -0.25) is 4.79 Å². The molecule has 0 saturated heterocycles. The summed E-state index contributed by atoms with van der Waals surface area (Å²) in [7, 11) is 3.19. The molecule has 0 fully saturated rings. The van der Waals surface area contributed by atoms with Gasteiger partial charge < -0.3 is 9.47 Å². The molecule has 0 heterocycles. The van der Waals surface area contributed by atoms with Gasteiger partial charge in [0.05, 0.1) is 25.5 Å². The Morgan fingerprint density at radius 3 is 2.50 bits per heavy atom. The quantitative estimate of drug-likeness (QED) is 0.598. The molecule has 0 aliphatic heterocycles. The summed E-state index contributed by atoms with van der Waals surface area (Å²) in [6.45, 7) is 1.97. The minimum Gasteiger partial charge on any atom is -0.497 e. The van der Waals surface area contributed by atoms with Crippen LogP contribution < -0.4 is 14.9 Å². The number of hydrogen-bond donors (Lipinski definition) is 1. The van der Waals surface area contributed by atoms with Crippen LogP contribution in [0.1, 0.15) is 29.3 Å². The number of nitrogens with zero attached hydrogens (tertiary/aromatic N) is 1. The summed E-state index contributed by atoms with van der Waals surface area (Å²) in [6, 6.07) is 12.7. The average molecular weight is 391 g/mol. The van der Waals surface area contributed by atoms with E-state index in [0.717, 1.165) is 15.7 Å². The molecule has 0 aromatic heterocycles. The summed E-state index contributed by atoms with van der Waals surface area (Å²) in [6.07, 6.45) is 0.638. The predicted molar refractivity (Wildman–Crippen MR) is 98.0 cm³/mol. The third kappa shape index (κ3) is 4.14. The molecule has 2 aromatic carbocycles. The number of amides is 1. The summed E-state index contributed by atoms with van der Waals surface area (Å²) in [5.41, 5.74) is 4.66. The van der Waals surface area contributed by atoms with Gasteiger partial charge >= 0.3 is 0 Å². The molecule has 0 aliphatic carbocycles. The third-order valence-electron chi connectivity index (χ3n) is 3.47. The molecule has 0 unspecified atom stereocenters. The molecule has 1 N–H and O–H groups in total. The second-order valence-corrected chi connectivity index (χ2v) is 5.75. The monoisotopic (exact) mass is 390 g/mol. The molecule has 0 radical (unpaired) electrons. The number of carbonyl (C=O) groups excluding carboxylic acids is 1. The number of hydrogen-bond acceptors (Lipinski definition) is 4. The van der Waals surface area contributed by atoms with Crippen molar-refractivity contribution in [3.05, 3.63) is 58.1 Å². The number of methoxy groups -OCH3 is 2. The van der Waals surface area contributed by atoms with Crippen LogP contribution in [-0.4, -0.2) is 25.8 Å². The number of hydrazone groups is 1. The lowest BCUT2D eigenvalue weighted by molar-refractivity contribution is 0.0954. The standard InChI is InChI=1S/C18H19BrN2O3/c1-4-16(14-10-9-12(23-2)11-17(14)24-3)20-21-18(22)13-7-5-6-8-15(13)19/h5-11H,4H2,1-3H3,(H,21,22)/b20-16+. The van der Waals surface area contributed by atoms with Crippen molar-refractivity contribution < 1.29 is 14.3 Å². The fourth-order valence-corrected chi connectivity index (χ4v) is 2.66. The number of rotatable bonds is 6. The first-order valence-corrected chi connectivity index (χ1v) is 8.23. The summed E-state index contributed by atoms with van der Waals surface area (Å²) in [4.78, 5) is 12.3. The van der Waals surface area contributed by atoms with Crippen LogP contribution in [0.5, 0.6) is 11.5 Å². The van der Waals surface area contributed by atoms with E-state index in [0.29, 0.717) is 23.5 Å². The zero-order chi connectivity index (χ0) is 17.5. The van der Waals surface area contributed by atoms with E-state index in [9.17, 15) is 4.79 Å². The van der Waals surface area contributed by atoms with E-state index >= 15 is 0 Å². The summed E-state index contributed by atoms with van der Waals surface area (Å²) in [5, 5.41) is 4.27. The Hall–Kier alpha value is -2.34. The zero-order valence-corrected chi connectivity index (χ0v) is 15.4. The van der Waals surface area contributed by atoms with E-state index in [1.807, 2.05) is 31.2 Å². The van der Waals surface area contributed by atoms with Gasteiger partial charge in [0.15, 0.2) is 0 Å². The first kappa shape index (κ1) is 18.0. The van der Waals surface area contributed by atoms with Gasteiger partial charge in [-0.05, 0) is 46.6 Å². The Balaban J connectivity index is 2.27. The highest BCUT2D eigenvalue weighted by Crippen LogP contribution is 2.26. The minimum atomic E-state index is -0.277. The Morgan fingerprint density at radius 1 is 1.12 bits per heavy atom. The Bertz CT molecular complexity index is 760. The molecule has 24 heavy (non-hydrogen) atoms. The van der Waals surface area contributed by atoms with Crippen molar-refractivity contribution in [2.45, 2.75) is 13.3 Å². The zero-order valence-electron chi connectivity index (χ0n) is 13.8. The van der Waals surface area contributed by atoms with Crippen LogP contribution in [0.25, 0.3) is 0 Å². The molecule has 0 atom stereocenters. The van der Waals surface area contributed by atoms with Crippen molar-refractivity contribution in [1.29, 1.82) is 0 Å². The van der Waals surface area contributed by atoms with Crippen molar-refractivity contribution in [3.8, 4) is 11.5 Å². The van der Waals surface area contributed by atoms with E-state index in [-0.39, 0.29) is 5.91 Å². The highest BCUT2D eigenvalue weighted by Gasteiger charge is 2.12. The van der Waals surface area contributed by atoms with E-state index in [1.54, 1.807) is 32.4 Å². The Labute approximate surface area is 149 Å². The third-order valence-corrected chi connectivity index (χ3v) is 4.16. The van der Waals surface area contributed by atoms with Gasteiger partial charge in [0.2, 0.25) is 0 Å². The first-order valence-electron chi connectivity index (χ1n) is 7.44. The number of nitrogens with one attached hydrogen (secondary N) is 1. The maximum Gasteiger partial charge on any atom is 0.272 e. The van der Waals surface area contributed by atoms with E-state index in [4.69, 9.17) is 9.47 Å². The minimum absolute atomic E-state index is 0.277. The topological polar surface area (TPSA) is 59.9 Å². The maximum atomic E-state index is 12.3. The predicted octanol–water partition coefficient (Wildman–Crippen LogP) is 4.01. The number of carbonyl (C=O) groups is 1. The van der Waals surface area contributed by atoms with Gasteiger partial charge in [0, 0.05) is 16.1 Å². The number of ether oxygens (including phenoxy) is 2. The molecule has 2 aromatic rings. The second-order valence-electron chi connectivity index (χ2n) is 4.90. The van der Waals surface area contributed by atoms with E-state index < -0.39 is 0 Å². The van der Waals surface area contributed by atoms with Gasteiger partial charge in [-0.2, -0.15) is 5.10 Å². The van der Waals surface area contributed by atoms with E-state index in [1.165, 1.54) is 0 Å². The molecule has 6 heteroatoms. The van der Waals surface area contributed by atoms with Gasteiger partial charge in [-0.15, -0.1) is 0 Å². The summed E-state index contributed by atoms with van der Waals surface area (Å²) < 4.78 is 11.3. The lowest BCUT2D eigenvalue weighted by Crippen LogP contribution is -2.20. The lowest BCUT2D eigenvalue weighted by atomic mass is 10.1. The normalized spacial score (nSPS) is 11.1. The van der Waals surface area contributed by atoms with Crippen LogP contribution in [0.4, 0.5) is 0 Å². The number of benzene rings is 2. The van der Waals surface area contributed by atoms with Crippen molar-refractivity contribution >= 4 is 27.5 Å². The van der Waals surface area contributed by atoms with Crippen LogP contribution in [0.15, 0.2) is 52.0 Å². The molecule has 0 saturated carbocycles. The Morgan fingerprint density at radius 2 is 1.88 bits per heavy atom. The van der Waals surface area contributed by atoms with Crippen molar-refractivity contribution in [3.63, 3.8) is 0 Å². The van der Waals surface area contributed by atoms with Gasteiger partial charge in [-0.25, -0.2) is 5.43 Å². The molecular weight excluding hydrogens is 372 g/mol. The van der Waals surface area contributed by atoms with Crippen molar-refractivity contribution in [2.75, 3.05) is 14.2 Å². The molecule has 0 bridgehead atoms. The average Bonchev–Trinajstić information content (AvgIpc) is 2.62. The highest BCUT2D eigenvalue weighted by molar-refractivity contribution is 9.10. The SMILES string of the molecule is CC/C(=N\NC(=O)c1ccccc1Br)c1ccc(OC)cc1OC.